The first-order chi connectivity index (χ1) is 9.70. The lowest BCUT2D eigenvalue weighted by Gasteiger charge is -2.18. The molecule has 6 nitrogen and oxygen atoms in total. The van der Waals surface area contributed by atoms with E-state index < -0.39 is 0 Å². The van der Waals surface area contributed by atoms with Gasteiger partial charge in [0.15, 0.2) is 5.52 Å². The lowest BCUT2D eigenvalue weighted by Crippen LogP contribution is -2.24. The Morgan fingerprint density at radius 3 is 3.20 bits per heavy atom. The van der Waals surface area contributed by atoms with E-state index in [4.69, 9.17) is 0 Å². The van der Waals surface area contributed by atoms with Crippen LogP contribution in [0, 0.1) is 16.0 Å². The Balaban J connectivity index is 1.99. The minimum Gasteiger partial charge on any atom is -0.366 e. The van der Waals surface area contributed by atoms with Crippen molar-refractivity contribution in [1.29, 1.82) is 0 Å². The van der Waals surface area contributed by atoms with E-state index in [1.807, 2.05) is 19.2 Å². The van der Waals surface area contributed by atoms with Crippen LogP contribution in [0.25, 0.3) is 10.2 Å². The van der Waals surface area contributed by atoms with Crippen molar-refractivity contribution in [3.63, 3.8) is 0 Å². The first-order valence-electron chi connectivity index (χ1n) is 6.61. The zero-order chi connectivity index (χ0) is 14.1. The van der Waals surface area contributed by atoms with Gasteiger partial charge in [0.1, 0.15) is 5.69 Å². The first-order valence-corrected chi connectivity index (χ1v) is 7.49. The molecule has 1 saturated heterocycles. The van der Waals surface area contributed by atoms with Gasteiger partial charge in [0.2, 0.25) is 0 Å². The number of fused-ring (bicyclic) bond motifs is 1. The predicted octanol–water partition coefficient (Wildman–Crippen LogP) is 2.25. The minimum atomic E-state index is -0.303. The predicted molar refractivity (Wildman–Crippen MR) is 80.5 cm³/mol. The summed E-state index contributed by atoms with van der Waals surface area (Å²) in [6.45, 7) is 2.67. The highest BCUT2D eigenvalue weighted by molar-refractivity contribution is 7.16. The maximum Gasteiger partial charge on any atom is 0.319 e. The molecule has 1 unspecified atom stereocenters. The number of rotatable bonds is 4. The van der Waals surface area contributed by atoms with Crippen molar-refractivity contribution in [2.24, 2.45) is 5.92 Å². The van der Waals surface area contributed by atoms with E-state index >= 15 is 0 Å². The zero-order valence-electron chi connectivity index (χ0n) is 11.2. The molecule has 0 aliphatic carbocycles. The summed E-state index contributed by atoms with van der Waals surface area (Å²) in [7, 11) is 1.94. The third kappa shape index (κ3) is 2.23. The van der Waals surface area contributed by atoms with Gasteiger partial charge in [-0.05, 0) is 38.1 Å². The van der Waals surface area contributed by atoms with E-state index in [2.05, 4.69) is 15.2 Å². The fourth-order valence-electron chi connectivity index (χ4n) is 2.85. The molecule has 7 heteroatoms. The Bertz CT molecular complexity index is 642. The molecular weight excluding hydrogens is 276 g/mol. The van der Waals surface area contributed by atoms with Crippen LogP contribution in [0.15, 0.2) is 17.6 Å². The number of hydrogen-bond donors (Lipinski definition) is 1. The summed E-state index contributed by atoms with van der Waals surface area (Å²) in [6.07, 6.45) is 1.06. The average Bonchev–Trinajstić information content (AvgIpc) is 3.05. The summed E-state index contributed by atoms with van der Waals surface area (Å²) < 4.78 is 0.867. The Morgan fingerprint density at radius 2 is 2.45 bits per heavy atom. The third-order valence-electron chi connectivity index (χ3n) is 3.76. The van der Waals surface area contributed by atoms with Crippen molar-refractivity contribution in [3.05, 3.63) is 27.8 Å². The van der Waals surface area contributed by atoms with Gasteiger partial charge in [0, 0.05) is 13.1 Å². The van der Waals surface area contributed by atoms with Gasteiger partial charge in [-0.1, -0.05) is 0 Å². The molecule has 3 rings (SSSR count). The summed E-state index contributed by atoms with van der Waals surface area (Å²) in [5.74, 6) is 0.547. The monoisotopic (exact) mass is 292 g/mol. The van der Waals surface area contributed by atoms with Gasteiger partial charge in [-0.2, -0.15) is 0 Å². The molecule has 1 N–H and O–H groups in total. The van der Waals surface area contributed by atoms with Gasteiger partial charge >= 0.3 is 5.69 Å². The number of aromatic nitrogens is 1. The normalized spacial score (nSPS) is 18.9. The molecule has 106 valence electrons. The van der Waals surface area contributed by atoms with E-state index in [1.165, 1.54) is 11.3 Å². The fourth-order valence-corrected chi connectivity index (χ4v) is 3.53. The molecule has 0 saturated carbocycles. The highest BCUT2D eigenvalue weighted by Crippen LogP contribution is 2.38. The summed E-state index contributed by atoms with van der Waals surface area (Å²) >= 11 is 1.43. The average molecular weight is 292 g/mol. The van der Waals surface area contributed by atoms with E-state index in [9.17, 15) is 10.1 Å². The zero-order valence-corrected chi connectivity index (χ0v) is 12.0. The molecular formula is C13H16N4O2S. The lowest BCUT2D eigenvalue weighted by atomic mass is 10.1. The van der Waals surface area contributed by atoms with E-state index in [0.29, 0.717) is 17.1 Å². The Morgan fingerprint density at radius 1 is 1.60 bits per heavy atom. The molecule has 0 amide bonds. The lowest BCUT2D eigenvalue weighted by molar-refractivity contribution is -0.382. The second-order valence-electron chi connectivity index (χ2n) is 5.05. The van der Waals surface area contributed by atoms with Crippen LogP contribution in [0.3, 0.4) is 0 Å². The van der Waals surface area contributed by atoms with Gasteiger partial charge in [0.05, 0.1) is 15.1 Å². The molecule has 1 atom stereocenters. The molecule has 0 radical (unpaired) electrons. The van der Waals surface area contributed by atoms with Crippen LogP contribution in [-0.4, -0.2) is 36.6 Å². The van der Waals surface area contributed by atoms with Crippen LogP contribution >= 0.6 is 11.3 Å². The van der Waals surface area contributed by atoms with Crippen LogP contribution in [0.2, 0.25) is 0 Å². The maximum atomic E-state index is 11.4. The van der Waals surface area contributed by atoms with Crippen molar-refractivity contribution in [3.8, 4) is 0 Å². The largest absolute Gasteiger partial charge is 0.366 e. The molecule has 1 fully saturated rings. The number of hydrogen-bond acceptors (Lipinski definition) is 6. The second kappa shape index (κ2) is 5.34. The molecule has 2 heterocycles. The van der Waals surface area contributed by atoms with Gasteiger partial charge in [-0.3, -0.25) is 10.1 Å². The number of benzene rings is 1. The second-order valence-corrected chi connectivity index (χ2v) is 5.93. The molecule has 0 bridgehead atoms. The highest BCUT2D eigenvalue weighted by atomic mass is 32.1. The SMILES string of the molecule is CNCC1CCN(c2ccc3scnc3c2[N+](=O)[O-])C1. The molecule has 20 heavy (non-hydrogen) atoms. The van der Waals surface area contributed by atoms with Gasteiger partial charge in [-0.15, -0.1) is 11.3 Å². The molecule has 1 aliphatic rings. The number of nitro benzene ring substituents is 1. The Labute approximate surface area is 120 Å². The van der Waals surface area contributed by atoms with Crippen molar-refractivity contribution in [2.45, 2.75) is 6.42 Å². The number of nitro groups is 1. The smallest absolute Gasteiger partial charge is 0.319 e. The molecule has 0 spiro atoms. The standard InChI is InChI=1S/C13H16N4O2S/c1-14-6-9-4-5-16(7-9)10-2-3-11-12(15-8-20-11)13(10)17(18)19/h2-3,8-9,14H,4-7H2,1H3. The summed E-state index contributed by atoms with van der Waals surface area (Å²) in [5.41, 5.74) is 3.02. The number of anilines is 1. The first kappa shape index (κ1) is 13.3. The number of nitrogens with zero attached hydrogens (tertiary/aromatic N) is 3. The summed E-state index contributed by atoms with van der Waals surface area (Å²) in [6, 6.07) is 3.79. The van der Waals surface area contributed by atoms with Crippen LogP contribution in [-0.2, 0) is 0 Å². The van der Waals surface area contributed by atoms with Crippen LogP contribution < -0.4 is 10.2 Å². The molecule has 1 aromatic carbocycles. The van der Waals surface area contributed by atoms with Crippen molar-refractivity contribution in [1.82, 2.24) is 10.3 Å². The van der Waals surface area contributed by atoms with E-state index in [1.54, 1.807) is 5.51 Å². The molecule has 2 aromatic rings. The third-order valence-corrected chi connectivity index (χ3v) is 4.55. The quantitative estimate of drug-likeness (QED) is 0.691. The fraction of sp³-hybridized carbons (Fsp3) is 0.462. The van der Waals surface area contributed by atoms with Crippen molar-refractivity contribution >= 4 is 32.9 Å². The van der Waals surface area contributed by atoms with Gasteiger partial charge < -0.3 is 10.2 Å². The Kier molecular flexibility index (Phi) is 3.54. The topological polar surface area (TPSA) is 71.3 Å². The maximum absolute atomic E-state index is 11.4. The van der Waals surface area contributed by atoms with Crippen LogP contribution in [0.1, 0.15) is 6.42 Å². The summed E-state index contributed by atoms with van der Waals surface area (Å²) in [5, 5.41) is 14.6. The van der Waals surface area contributed by atoms with Crippen LogP contribution in [0.4, 0.5) is 11.4 Å². The number of thiazole rings is 1. The van der Waals surface area contributed by atoms with E-state index in [0.717, 1.165) is 30.8 Å². The van der Waals surface area contributed by atoms with Gasteiger partial charge in [-0.25, -0.2) is 4.98 Å². The molecule has 1 aliphatic heterocycles. The van der Waals surface area contributed by atoms with Crippen molar-refractivity contribution in [2.75, 3.05) is 31.6 Å². The van der Waals surface area contributed by atoms with E-state index in [-0.39, 0.29) is 10.6 Å². The number of nitrogens with one attached hydrogen (secondary N) is 1. The minimum absolute atomic E-state index is 0.147. The van der Waals surface area contributed by atoms with Crippen LogP contribution in [0.5, 0.6) is 0 Å². The van der Waals surface area contributed by atoms with Gasteiger partial charge in [0.25, 0.3) is 0 Å². The Hall–Kier alpha value is -1.73. The summed E-state index contributed by atoms with van der Waals surface area (Å²) in [4.78, 5) is 17.4. The molecule has 1 aromatic heterocycles. The van der Waals surface area contributed by atoms with Crippen molar-refractivity contribution < 1.29 is 4.92 Å². The highest BCUT2D eigenvalue weighted by Gasteiger charge is 2.29.